The van der Waals surface area contributed by atoms with Crippen molar-refractivity contribution < 1.29 is 26.5 Å². The molecule has 0 aliphatic carbocycles. The zero-order valence-electron chi connectivity index (χ0n) is 12.1. The first kappa shape index (κ1) is 15.3. The highest BCUT2D eigenvalue weighted by Crippen LogP contribution is 2.23. The van der Waals surface area contributed by atoms with Crippen LogP contribution in [0.2, 0.25) is 0 Å². The standard InChI is InChI=1S/C12H17N3O6S/c1-22(17,18)21-9-6-15(7-9)12-13-10(8-20-12)11(16)14-2-4-19-5-3-14/h8-9H,2-7H2,1H3. The van der Waals surface area contributed by atoms with Crippen LogP contribution in [-0.2, 0) is 19.0 Å². The van der Waals surface area contributed by atoms with Gasteiger partial charge in [0.15, 0.2) is 5.69 Å². The van der Waals surface area contributed by atoms with Crippen LogP contribution in [0.15, 0.2) is 10.7 Å². The topological polar surface area (TPSA) is 102 Å². The summed E-state index contributed by atoms with van der Waals surface area (Å²) in [6.07, 6.45) is 1.93. The quantitative estimate of drug-likeness (QED) is 0.668. The Kier molecular flexibility index (Phi) is 4.06. The molecule has 0 radical (unpaired) electrons. The molecule has 122 valence electrons. The van der Waals surface area contributed by atoms with Crippen molar-refractivity contribution in [2.45, 2.75) is 6.10 Å². The molecule has 0 atom stereocenters. The SMILES string of the molecule is CS(=O)(=O)OC1CN(c2nc(C(=O)N3CCOCC3)co2)C1. The van der Waals surface area contributed by atoms with Crippen molar-refractivity contribution in [3.8, 4) is 0 Å². The summed E-state index contributed by atoms with van der Waals surface area (Å²) in [6, 6.07) is 0.296. The number of nitrogens with zero attached hydrogens (tertiary/aromatic N) is 3. The number of carbonyl (C=O) groups is 1. The lowest BCUT2D eigenvalue weighted by molar-refractivity contribution is 0.0299. The first-order valence-electron chi connectivity index (χ1n) is 6.88. The molecular formula is C12H17N3O6S. The Balaban J connectivity index is 1.57. The van der Waals surface area contributed by atoms with Crippen LogP contribution in [0.5, 0.6) is 0 Å². The Morgan fingerprint density at radius 3 is 2.68 bits per heavy atom. The van der Waals surface area contributed by atoms with Gasteiger partial charge in [-0.05, 0) is 0 Å². The summed E-state index contributed by atoms with van der Waals surface area (Å²) in [5.41, 5.74) is 0.240. The molecule has 2 aliphatic rings. The van der Waals surface area contributed by atoms with Crippen LogP contribution in [0, 0.1) is 0 Å². The predicted molar refractivity (Wildman–Crippen MR) is 75.2 cm³/mol. The summed E-state index contributed by atoms with van der Waals surface area (Å²) >= 11 is 0. The molecule has 3 rings (SSSR count). The summed E-state index contributed by atoms with van der Waals surface area (Å²) in [4.78, 5) is 19.8. The zero-order valence-corrected chi connectivity index (χ0v) is 12.9. The van der Waals surface area contributed by atoms with E-state index in [4.69, 9.17) is 13.3 Å². The van der Waals surface area contributed by atoms with Crippen LogP contribution in [0.1, 0.15) is 10.5 Å². The highest BCUT2D eigenvalue weighted by molar-refractivity contribution is 7.86. The summed E-state index contributed by atoms with van der Waals surface area (Å²) < 4.78 is 37.3. The molecule has 0 bridgehead atoms. The molecule has 1 aromatic rings. The molecule has 0 N–H and O–H groups in total. The molecule has 0 spiro atoms. The van der Waals surface area contributed by atoms with Crippen molar-refractivity contribution in [3.05, 3.63) is 12.0 Å². The van der Waals surface area contributed by atoms with Crippen molar-refractivity contribution >= 4 is 22.0 Å². The van der Waals surface area contributed by atoms with Crippen LogP contribution in [0.4, 0.5) is 6.01 Å². The fraction of sp³-hybridized carbons (Fsp3) is 0.667. The lowest BCUT2D eigenvalue weighted by Crippen LogP contribution is -2.53. The van der Waals surface area contributed by atoms with Gasteiger partial charge in [-0.3, -0.25) is 8.98 Å². The number of anilines is 1. The summed E-state index contributed by atoms with van der Waals surface area (Å²) in [5, 5.41) is 0. The lowest BCUT2D eigenvalue weighted by atomic mass is 10.2. The van der Waals surface area contributed by atoms with E-state index in [9.17, 15) is 13.2 Å². The van der Waals surface area contributed by atoms with Gasteiger partial charge in [-0.2, -0.15) is 13.4 Å². The van der Waals surface area contributed by atoms with Crippen LogP contribution in [0.25, 0.3) is 0 Å². The summed E-state index contributed by atoms with van der Waals surface area (Å²) in [6.45, 7) is 2.84. The van der Waals surface area contributed by atoms with E-state index in [0.717, 1.165) is 6.26 Å². The molecule has 22 heavy (non-hydrogen) atoms. The Labute approximate surface area is 127 Å². The fourth-order valence-electron chi connectivity index (χ4n) is 2.34. The predicted octanol–water partition coefficient (Wildman–Crippen LogP) is -0.688. The average molecular weight is 331 g/mol. The number of aromatic nitrogens is 1. The van der Waals surface area contributed by atoms with Gasteiger partial charge in [0.2, 0.25) is 0 Å². The molecule has 0 aromatic carbocycles. The maximum atomic E-state index is 12.2. The highest BCUT2D eigenvalue weighted by Gasteiger charge is 2.34. The van der Waals surface area contributed by atoms with Crippen molar-refractivity contribution in [1.82, 2.24) is 9.88 Å². The van der Waals surface area contributed by atoms with E-state index < -0.39 is 16.2 Å². The Morgan fingerprint density at radius 2 is 2.05 bits per heavy atom. The molecule has 0 saturated carbocycles. The van der Waals surface area contributed by atoms with E-state index in [1.165, 1.54) is 6.26 Å². The van der Waals surface area contributed by atoms with E-state index in [2.05, 4.69) is 4.98 Å². The second-order valence-corrected chi connectivity index (χ2v) is 6.85. The number of oxazole rings is 1. The Hall–Kier alpha value is -1.65. The van der Waals surface area contributed by atoms with Crippen molar-refractivity contribution in [2.75, 3.05) is 50.5 Å². The van der Waals surface area contributed by atoms with Crippen LogP contribution >= 0.6 is 0 Å². The minimum Gasteiger partial charge on any atom is -0.431 e. The maximum absolute atomic E-state index is 12.2. The van der Waals surface area contributed by atoms with Gasteiger partial charge in [-0.25, -0.2) is 0 Å². The van der Waals surface area contributed by atoms with Gasteiger partial charge in [0.05, 0.1) is 32.6 Å². The molecule has 2 saturated heterocycles. The highest BCUT2D eigenvalue weighted by atomic mass is 32.2. The maximum Gasteiger partial charge on any atom is 0.298 e. The monoisotopic (exact) mass is 331 g/mol. The van der Waals surface area contributed by atoms with Gasteiger partial charge < -0.3 is 19.0 Å². The van der Waals surface area contributed by atoms with Crippen molar-refractivity contribution in [1.29, 1.82) is 0 Å². The van der Waals surface area contributed by atoms with Gasteiger partial charge in [0.1, 0.15) is 12.4 Å². The van der Waals surface area contributed by atoms with Crippen LogP contribution in [-0.4, -0.2) is 76.0 Å². The second-order valence-electron chi connectivity index (χ2n) is 5.25. The molecule has 1 aromatic heterocycles. The van der Waals surface area contributed by atoms with Crippen LogP contribution < -0.4 is 4.90 Å². The minimum absolute atomic E-state index is 0.192. The van der Waals surface area contributed by atoms with Gasteiger partial charge in [-0.1, -0.05) is 0 Å². The van der Waals surface area contributed by atoms with E-state index in [1.54, 1.807) is 9.80 Å². The van der Waals surface area contributed by atoms with Gasteiger partial charge in [0.25, 0.3) is 22.0 Å². The number of ether oxygens (including phenoxy) is 1. The van der Waals surface area contributed by atoms with Crippen molar-refractivity contribution in [3.63, 3.8) is 0 Å². The number of hydrogen-bond donors (Lipinski definition) is 0. The second kappa shape index (κ2) is 5.86. The third-order valence-electron chi connectivity index (χ3n) is 3.44. The molecule has 2 fully saturated rings. The smallest absolute Gasteiger partial charge is 0.298 e. The molecule has 3 heterocycles. The minimum atomic E-state index is -3.46. The van der Waals surface area contributed by atoms with Gasteiger partial charge in [0, 0.05) is 13.1 Å². The van der Waals surface area contributed by atoms with Crippen molar-refractivity contribution in [2.24, 2.45) is 0 Å². The number of morpholine rings is 1. The van der Waals surface area contributed by atoms with E-state index >= 15 is 0 Å². The zero-order chi connectivity index (χ0) is 15.7. The van der Waals surface area contributed by atoms with Gasteiger partial charge >= 0.3 is 0 Å². The third kappa shape index (κ3) is 3.39. The largest absolute Gasteiger partial charge is 0.431 e. The summed E-state index contributed by atoms with van der Waals surface area (Å²) in [7, 11) is -3.46. The van der Waals surface area contributed by atoms with Gasteiger partial charge in [-0.15, -0.1) is 0 Å². The van der Waals surface area contributed by atoms with E-state index in [0.29, 0.717) is 45.4 Å². The Bertz CT molecular complexity index is 646. The number of carbonyl (C=O) groups excluding carboxylic acids is 1. The average Bonchev–Trinajstić information content (AvgIpc) is 2.91. The first-order valence-corrected chi connectivity index (χ1v) is 8.70. The van der Waals surface area contributed by atoms with E-state index in [-0.39, 0.29) is 11.6 Å². The molecule has 10 heteroatoms. The first-order chi connectivity index (χ1) is 10.4. The molecule has 9 nitrogen and oxygen atoms in total. The molecular weight excluding hydrogens is 314 g/mol. The Morgan fingerprint density at radius 1 is 1.36 bits per heavy atom. The number of rotatable bonds is 4. The van der Waals surface area contributed by atoms with E-state index in [1.807, 2.05) is 0 Å². The summed E-state index contributed by atoms with van der Waals surface area (Å²) in [5.74, 6) is -0.192. The third-order valence-corrected chi connectivity index (χ3v) is 4.06. The fourth-order valence-corrected chi connectivity index (χ4v) is 2.95. The molecule has 2 aliphatic heterocycles. The normalized spacial score (nSPS) is 20.0. The number of amides is 1. The lowest BCUT2D eigenvalue weighted by Gasteiger charge is -2.36. The number of hydrogen-bond acceptors (Lipinski definition) is 8. The molecule has 1 amide bonds. The van der Waals surface area contributed by atoms with Crippen LogP contribution in [0.3, 0.4) is 0 Å². The molecule has 0 unspecified atom stereocenters.